The van der Waals surface area contributed by atoms with Crippen molar-refractivity contribution in [2.24, 2.45) is 10.6 Å². The van der Waals surface area contributed by atoms with Gasteiger partial charge in [0, 0.05) is 32.7 Å². The van der Waals surface area contributed by atoms with Gasteiger partial charge in [-0.15, -0.1) is 0 Å². The molecule has 0 amide bonds. The number of oxime groups is 1. The second-order valence-corrected chi connectivity index (χ2v) is 9.27. The molecule has 154 valence electrons. The number of aryl methyl sites for hydroxylation is 1. The van der Waals surface area contributed by atoms with E-state index in [4.69, 9.17) is 28.0 Å². The summed E-state index contributed by atoms with van der Waals surface area (Å²) in [5.41, 5.74) is 5.49. The maximum atomic E-state index is 12.4. The first-order valence-corrected chi connectivity index (χ1v) is 10.5. The summed E-state index contributed by atoms with van der Waals surface area (Å²) in [6.07, 6.45) is 1.61. The van der Waals surface area contributed by atoms with Gasteiger partial charge in [0.2, 0.25) is 0 Å². The lowest BCUT2D eigenvalue weighted by Gasteiger charge is -2.31. The fraction of sp³-hybridized carbons (Fsp3) is 0.250. The Morgan fingerprint density at radius 2 is 1.60 bits per heavy atom. The molecule has 0 fully saturated rings. The van der Waals surface area contributed by atoms with Gasteiger partial charge in [-0.2, -0.15) is 0 Å². The zero-order valence-electron chi connectivity index (χ0n) is 17.1. The molecule has 4 nitrogen and oxygen atoms in total. The van der Waals surface area contributed by atoms with Crippen molar-refractivity contribution in [1.82, 2.24) is 4.57 Å². The fourth-order valence-corrected chi connectivity index (χ4v) is 4.20. The molecular weight excluding hydrogens is 419 g/mol. The molecule has 0 bridgehead atoms. The van der Waals surface area contributed by atoms with Crippen molar-refractivity contribution in [3.05, 3.63) is 87.2 Å². The highest BCUT2D eigenvalue weighted by Gasteiger charge is 2.33. The van der Waals surface area contributed by atoms with Crippen molar-refractivity contribution in [2.75, 3.05) is 0 Å². The average molecular weight is 441 g/mol. The maximum absolute atomic E-state index is 12.4. The number of carbonyl (C=O) groups is 1. The molecule has 0 spiro atoms. The minimum atomic E-state index is -0.502. The summed E-state index contributed by atoms with van der Waals surface area (Å²) in [7, 11) is 0. The van der Waals surface area contributed by atoms with E-state index >= 15 is 0 Å². The lowest BCUT2D eigenvalue weighted by Crippen LogP contribution is -2.28. The van der Waals surface area contributed by atoms with E-state index < -0.39 is 5.97 Å². The van der Waals surface area contributed by atoms with Gasteiger partial charge in [0.1, 0.15) is 0 Å². The summed E-state index contributed by atoms with van der Waals surface area (Å²) in [5, 5.41) is 5.55. The number of halogens is 2. The van der Waals surface area contributed by atoms with Crippen LogP contribution in [0.5, 0.6) is 0 Å². The second kappa shape index (κ2) is 7.93. The summed E-state index contributed by atoms with van der Waals surface area (Å²) in [6, 6.07) is 16.5. The Morgan fingerprint density at radius 1 is 1.00 bits per heavy atom. The molecular formula is C24H22Cl2N2O2. The molecule has 2 aromatic carbocycles. The molecule has 0 unspecified atom stereocenters. The van der Waals surface area contributed by atoms with E-state index in [1.807, 2.05) is 24.3 Å². The number of aromatic nitrogens is 1. The predicted octanol–water partition coefficient (Wildman–Crippen LogP) is 6.63. The SMILES string of the molecule is Cc1cc2c(n1-c1ccc(Cl)cc1)CC(C)(C)C/C2=N\OC(=O)c1ccc(Cl)cc1. The molecule has 3 aromatic rings. The van der Waals surface area contributed by atoms with Crippen LogP contribution >= 0.6 is 23.2 Å². The number of hydrogen-bond donors (Lipinski definition) is 0. The van der Waals surface area contributed by atoms with E-state index in [-0.39, 0.29) is 5.41 Å². The van der Waals surface area contributed by atoms with E-state index in [1.54, 1.807) is 24.3 Å². The molecule has 1 aliphatic rings. The Hall–Kier alpha value is -2.56. The van der Waals surface area contributed by atoms with Crippen LogP contribution in [-0.4, -0.2) is 16.2 Å². The first kappa shape index (κ1) is 20.7. The molecule has 30 heavy (non-hydrogen) atoms. The molecule has 0 N–H and O–H groups in total. The lowest BCUT2D eigenvalue weighted by atomic mass is 9.76. The molecule has 1 heterocycles. The Labute approximate surface area is 186 Å². The fourth-order valence-electron chi connectivity index (χ4n) is 3.94. The van der Waals surface area contributed by atoms with E-state index in [0.29, 0.717) is 15.6 Å². The van der Waals surface area contributed by atoms with Crippen molar-refractivity contribution in [3.63, 3.8) is 0 Å². The van der Waals surface area contributed by atoms with E-state index in [2.05, 4.69) is 36.6 Å². The Morgan fingerprint density at radius 3 is 2.23 bits per heavy atom. The standard InChI is InChI=1S/C24H22Cl2N2O2/c1-15-12-20-21(27-30-23(29)16-4-6-17(25)7-5-16)13-24(2,3)14-22(20)28(15)19-10-8-18(26)9-11-19/h4-12H,13-14H2,1-3H3/b27-21+. The van der Waals surface area contributed by atoms with Crippen LogP contribution in [0.25, 0.3) is 5.69 Å². The number of hydrogen-bond acceptors (Lipinski definition) is 3. The van der Waals surface area contributed by atoms with E-state index in [1.165, 1.54) is 0 Å². The van der Waals surface area contributed by atoms with Crippen LogP contribution in [0.2, 0.25) is 10.0 Å². The average Bonchev–Trinajstić information content (AvgIpc) is 3.02. The minimum Gasteiger partial charge on any atom is -0.318 e. The molecule has 0 atom stereocenters. The summed E-state index contributed by atoms with van der Waals surface area (Å²) >= 11 is 12.0. The molecule has 0 radical (unpaired) electrons. The topological polar surface area (TPSA) is 43.6 Å². The zero-order chi connectivity index (χ0) is 21.5. The van der Waals surface area contributed by atoms with Gasteiger partial charge < -0.3 is 9.40 Å². The monoisotopic (exact) mass is 440 g/mol. The number of carbonyl (C=O) groups excluding carboxylic acids is 1. The highest BCUT2D eigenvalue weighted by molar-refractivity contribution is 6.30. The smallest absolute Gasteiger partial charge is 0.318 e. The van der Waals surface area contributed by atoms with Gasteiger partial charge in [0.25, 0.3) is 0 Å². The van der Waals surface area contributed by atoms with Gasteiger partial charge in [0.15, 0.2) is 0 Å². The van der Waals surface area contributed by atoms with Gasteiger partial charge in [0.05, 0.1) is 11.3 Å². The van der Waals surface area contributed by atoms with Gasteiger partial charge in [-0.3, -0.25) is 0 Å². The minimum absolute atomic E-state index is 0.0204. The van der Waals surface area contributed by atoms with Gasteiger partial charge in [-0.25, -0.2) is 4.79 Å². The normalized spacial score (nSPS) is 16.4. The van der Waals surface area contributed by atoms with Crippen molar-refractivity contribution < 1.29 is 9.63 Å². The third-order valence-electron chi connectivity index (χ3n) is 5.29. The molecule has 0 saturated carbocycles. The van der Waals surface area contributed by atoms with Crippen LogP contribution in [0.3, 0.4) is 0 Å². The van der Waals surface area contributed by atoms with Gasteiger partial charge in [-0.05, 0) is 79.8 Å². The third kappa shape index (κ3) is 4.16. The first-order chi connectivity index (χ1) is 14.2. The Bertz CT molecular complexity index is 1130. The van der Waals surface area contributed by atoms with Gasteiger partial charge in [-0.1, -0.05) is 42.2 Å². The largest absolute Gasteiger partial charge is 0.365 e. The quantitative estimate of drug-likeness (QED) is 0.338. The molecule has 0 aliphatic heterocycles. The van der Waals surface area contributed by atoms with Crippen molar-refractivity contribution in [3.8, 4) is 5.69 Å². The van der Waals surface area contributed by atoms with Crippen LogP contribution in [0, 0.1) is 12.3 Å². The van der Waals surface area contributed by atoms with Crippen molar-refractivity contribution in [1.29, 1.82) is 0 Å². The van der Waals surface area contributed by atoms with Crippen LogP contribution in [-0.2, 0) is 11.3 Å². The molecule has 4 rings (SSSR count). The van der Waals surface area contributed by atoms with E-state index in [9.17, 15) is 4.79 Å². The van der Waals surface area contributed by atoms with E-state index in [0.717, 1.165) is 41.2 Å². The van der Waals surface area contributed by atoms with Crippen LogP contribution in [0.4, 0.5) is 0 Å². The van der Waals surface area contributed by atoms with Gasteiger partial charge >= 0.3 is 5.97 Å². The first-order valence-electron chi connectivity index (χ1n) is 9.75. The van der Waals surface area contributed by atoms with Crippen LogP contribution in [0.1, 0.15) is 47.6 Å². The number of benzene rings is 2. The lowest BCUT2D eigenvalue weighted by molar-refractivity contribution is 0.0514. The highest BCUT2D eigenvalue weighted by atomic mass is 35.5. The summed E-state index contributed by atoms with van der Waals surface area (Å²) in [4.78, 5) is 17.7. The third-order valence-corrected chi connectivity index (χ3v) is 5.80. The molecule has 1 aromatic heterocycles. The molecule has 6 heteroatoms. The summed E-state index contributed by atoms with van der Waals surface area (Å²) in [6.45, 7) is 6.46. The summed E-state index contributed by atoms with van der Waals surface area (Å²) in [5.74, 6) is -0.502. The van der Waals surface area contributed by atoms with Crippen molar-refractivity contribution >= 4 is 34.9 Å². The van der Waals surface area contributed by atoms with Crippen molar-refractivity contribution in [2.45, 2.75) is 33.6 Å². The number of nitrogens with zero attached hydrogens (tertiary/aromatic N) is 2. The second-order valence-electron chi connectivity index (χ2n) is 8.40. The Kier molecular flexibility index (Phi) is 5.48. The Balaban J connectivity index is 1.70. The number of rotatable bonds is 3. The van der Waals surface area contributed by atoms with Crippen LogP contribution < -0.4 is 0 Å². The predicted molar refractivity (Wildman–Crippen MR) is 121 cm³/mol. The highest BCUT2D eigenvalue weighted by Crippen LogP contribution is 2.38. The summed E-state index contributed by atoms with van der Waals surface area (Å²) < 4.78 is 2.23. The maximum Gasteiger partial charge on any atom is 0.365 e. The number of fused-ring (bicyclic) bond motifs is 1. The van der Waals surface area contributed by atoms with Crippen LogP contribution in [0.15, 0.2) is 59.8 Å². The molecule has 0 saturated heterocycles. The molecule has 1 aliphatic carbocycles. The zero-order valence-corrected chi connectivity index (χ0v) is 18.6.